The Morgan fingerprint density at radius 2 is 1.57 bits per heavy atom. The van der Waals surface area contributed by atoms with Crippen LogP contribution in [0.4, 0.5) is 39.5 Å². The molecule has 0 amide bonds. The lowest BCUT2D eigenvalue weighted by atomic mass is 9.51. The van der Waals surface area contributed by atoms with Gasteiger partial charge in [-0.15, -0.1) is 0 Å². The number of aliphatic hydroxyl groups is 1. The number of phenolic OH excluding ortho intramolecular Hbond substituents is 1. The molecule has 4 rings (SSSR count). The van der Waals surface area contributed by atoms with Crippen LogP contribution >= 0.6 is 0 Å². The van der Waals surface area contributed by atoms with Gasteiger partial charge in [0, 0.05) is 6.42 Å². The van der Waals surface area contributed by atoms with Gasteiger partial charge in [0.25, 0.3) is 0 Å². The molecule has 3 aliphatic carbocycles. The van der Waals surface area contributed by atoms with Crippen molar-refractivity contribution in [1.82, 2.24) is 0 Å². The smallest absolute Gasteiger partial charge is 0.460 e. The monoisotopic (exact) mass is 716 g/mol. The summed E-state index contributed by atoms with van der Waals surface area (Å²) in [4.78, 5) is 12.3. The number of aliphatic hydroxyl groups excluding tert-OH is 1. The lowest BCUT2D eigenvalue weighted by Crippen LogP contribution is -2.60. The normalized spacial score (nSPS) is 28.0. The zero-order chi connectivity index (χ0) is 36.4. The average Bonchev–Trinajstić information content (AvgIpc) is 3.32. The van der Waals surface area contributed by atoms with E-state index >= 15 is 0 Å². The van der Waals surface area contributed by atoms with Gasteiger partial charge in [-0.25, -0.2) is 0 Å². The summed E-state index contributed by atoms with van der Waals surface area (Å²) in [6.07, 6.45) is -0.260. The molecule has 1 aromatic rings. The first-order valence-electron chi connectivity index (χ1n) is 17.6. The van der Waals surface area contributed by atoms with Gasteiger partial charge in [0.15, 0.2) is 0 Å². The molecule has 0 aliphatic heterocycles. The van der Waals surface area contributed by atoms with E-state index in [4.69, 9.17) is 4.74 Å². The summed E-state index contributed by atoms with van der Waals surface area (Å²) < 4.78 is 124. The van der Waals surface area contributed by atoms with Crippen LogP contribution < -0.4 is 0 Å². The molecule has 13 heteroatoms. The van der Waals surface area contributed by atoms with Crippen LogP contribution in [-0.2, 0) is 16.0 Å². The number of aromatic hydroxyl groups is 1. The van der Waals surface area contributed by atoms with Gasteiger partial charge in [-0.3, -0.25) is 4.79 Å². The minimum Gasteiger partial charge on any atom is -0.508 e. The summed E-state index contributed by atoms with van der Waals surface area (Å²) >= 11 is 0. The van der Waals surface area contributed by atoms with Crippen LogP contribution in [0.15, 0.2) is 18.2 Å². The maximum absolute atomic E-state index is 14.1. The number of halogens is 9. The summed E-state index contributed by atoms with van der Waals surface area (Å²) in [6, 6.07) is 5.70. The number of fused-ring (bicyclic) bond motifs is 5. The number of ether oxygens (including phenoxy) is 1. The first-order valence-corrected chi connectivity index (χ1v) is 17.6. The van der Waals surface area contributed by atoms with E-state index < -0.39 is 48.7 Å². The molecule has 3 aliphatic rings. The maximum Gasteiger partial charge on any atom is 0.460 e. The van der Waals surface area contributed by atoms with E-state index in [0.29, 0.717) is 36.5 Å². The van der Waals surface area contributed by atoms with E-state index in [1.54, 1.807) is 6.07 Å². The first kappa shape index (κ1) is 39.6. The highest BCUT2D eigenvalue weighted by Crippen LogP contribution is 2.63. The largest absolute Gasteiger partial charge is 0.508 e. The SMILES string of the molecule is CCOC(=O)C(CCCCCCCC[C@H]1C[C@@]2(C)C(CC[C@@H]2O)C2CCc3cc(O)ccc3C21)CCC(F)(F)C(F)(F)C(F)(F)C(F)(F)F. The molecule has 2 N–H and O–H groups in total. The average molecular weight is 717 g/mol. The van der Waals surface area contributed by atoms with Crippen LogP contribution in [0.2, 0.25) is 0 Å². The lowest BCUT2D eigenvalue weighted by Gasteiger charge is -2.54. The van der Waals surface area contributed by atoms with E-state index in [1.165, 1.54) is 18.1 Å². The molecular formula is C36H49F9O4. The number of carbonyl (C=O) groups excluding carboxylic acids is 1. The number of hydrogen-bond acceptors (Lipinski definition) is 4. The Morgan fingerprint density at radius 3 is 2.22 bits per heavy atom. The fraction of sp³-hybridized carbons (Fsp3) is 0.806. The Bertz CT molecular complexity index is 1270. The number of benzene rings is 1. The Kier molecular flexibility index (Phi) is 12.3. The molecule has 1 aromatic carbocycles. The maximum atomic E-state index is 14.1. The first-order chi connectivity index (χ1) is 22.8. The van der Waals surface area contributed by atoms with Crippen LogP contribution in [-0.4, -0.2) is 52.8 Å². The topological polar surface area (TPSA) is 66.8 Å². The Morgan fingerprint density at radius 1 is 0.918 bits per heavy atom. The molecule has 0 radical (unpaired) electrons. The van der Waals surface area contributed by atoms with Crippen molar-refractivity contribution in [2.24, 2.45) is 29.1 Å². The van der Waals surface area contributed by atoms with Crippen molar-refractivity contribution in [2.45, 2.75) is 146 Å². The number of hydrogen-bond donors (Lipinski definition) is 2. The van der Waals surface area contributed by atoms with Crippen LogP contribution in [0.3, 0.4) is 0 Å². The molecule has 280 valence electrons. The van der Waals surface area contributed by atoms with Crippen molar-refractivity contribution >= 4 is 5.97 Å². The fourth-order valence-corrected chi connectivity index (χ4v) is 9.19. The van der Waals surface area contributed by atoms with Crippen LogP contribution in [0.5, 0.6) is 5.75 Å². The summed E-state index contributed by atoms with van der Waals surface area (Å²) in [7, 11) is 0. The molecule has 0 spiro atoms. The molecule has 0 aromatic heterocycles. The van der Waals surface area contributed by atoms with Crippen LogP contribution in [0.25, 0.3) is 0 Å². The van der Waals surface area contributed by atoms with Gasteiger partial charge in [0.1, 0.15) is 5.75 Å². The molecule has 0 bridgehead atoms. The van der Waals surface area contributed by atoms with E-state index in [1.807, 2.05) is 6.07 Å². The van der Waals surface area contributed by atoms with E-state index in [-0.39, 0.29) is 30.3 Å². The van der Waals surface area contributed by atoms with Crippen LogP contribution in [0, 0.1) is 29.1 Å². The molecular weight excluding hydrogens is 667 g/mol. The van der Waals surface area contributed by atoms with Gasteiger partial charge >= 0.3 is 29.9 Å². The number of unbranched alkanes of at least 4 members (excludes halogenated alkanes) is 5. The van der Waals surface area contributed by atoms with Crippen molar-refractivity contribution in [3.8, 4) is 5.75 Å². The molecule has 7 atom stereocenters. The molecule has 49 heavy (non-hydrogen) atoms. The number of carbonyl (C=O) groups is 1. The number of esters is 1. The zero-order valence-corrected chi connectivity index (χ0v) is 28.1. The minimum atomic E-state index is -6.95. The third kappa shape index (κ3) is 8.01. The van der Waals surface area contributed by atoms with E-state index in [0.717, 1.165) is 64.2 Å². The number of rotatable bonds is 16. The quantitative estimate of drug-likeness (QED) is 0.102. The summed E-state index contributed by atoms with van der Waals surface area (Å²) in [5.41, 5.74) is 2.40. The van der Waals surface area contributed by atoms with Crippen LogP contribution in [0.1, 0.15) is 121 Å². The molecule has 4 unspecified atom stereocenters. The molecule has 2 fully saturated rings. The predicted octanol–water partition coefficient (Wildman–Crippen LogP) is 10.4. The summed E-state index contributed by atoms with van der Waals surface area (Å²) in [5.74, 6) is -19.7. The van der Waals surface area contributed by atoms with Gasteiger partial charge < -0.3 is 14.9 Å². The van der Waals surface area contributed by atoms with Crippen molar-refractivity contribution in [1.29, 1.82) is 0 Å². The Hall–Kier alpha value is -2.18. The summed E-state index contributed by atoms with van der Waals surface area (Å²) in [5, 5.41) is 21.1. The van der Waals surface area contributed by atoms with Gasteiger partial charge in [-0.1, -0.05) is 51.5 Å². The van der Waals surface area contributed by atoms with Gasteiger partial charge in [-0.05, 0) is 111 Å². The number of alkyl halides is 9. The standard InChI is InChI=1S/C36H49F9O4/c1-3-49-31(48)22(18-19-33(37,38)34(39,40)35(41,42)36(43,44)45)10-8-6-4-5-7-9-11-24-21-32(2)28(16-17-29(32)47)27-14-12-23-20-25(46)13-15-26(23)30(24)27/h13,15,20,22,24,27-30,46-47H,3-12,14,16-19,21H2,1-2H3/t22?,24-,27?,28?,29-,30?,32-/m0/s1. The predicted molar refractivity (Wildman–Crippen MR) is 165 cm³/mol. The molecule has 2 saturated carbocycles. The van der Waals surface area contributed by atoms with Crippen molar-refractivity contribution in [3.63, 3.8) is 0 Å². The third-order valence-corrected chi connectivity index (χ3v) is 11.8. The van der Waals surface area contributed by atoms with Gasteiger partial charge in [0.05, 0.1) is 18.6 Å². The van der Waals surface area contributed by atoms with E-state index in [2.05, 4.69) is 13.0 Å². The minimum absolute atomic E-state index is 0.0572. The highest BCUT2D eigenvalue weighted by atomic mass is 19.4. The van der Waals surface area contributed by atoms with Crippen molar-refractivity contribution in [2.75, 3.05) is 6.61 Å². The van der Waals surface area contributed by atoms with Crippen molar-refractivity contribution < 1.29 is 59.3 Å². The summed E-state index contributed by atoms with van der Waals surface area (Å²) in [6.45, 7) is 3.52. The number of phenols is 1. The van der Waals surface area contributed by atoms with E-state index in [9.17, 15) is 54.5 Å². The third-order valence-electron chi connectivity index (χ3n) is 11.8. The molecule has 0 saturated heterocycles. The lowest BCUT2D eigenvalue weighted by molar-refractivity contribution is -0.396. The molecule has 0 heterocycles. The second kappa shape index (κ2) is 15.2. The second-order valence-electron chi connectivity index (χ2n) is 14.8. The molecule has 4 nitrogen and oxygen atoms in total. The van der Waals surface area contributed by atoms with Gasteiger partial charge in [-0.2, -0.15) is 39.5 Å². The Balaban J connectivity index is 1.26. The fourth-order valence-electron chi connectivity index (χ4n) is 9.19. The van der Waals surface area contributed by atoms with Gasteiger partial charge in [0.2, 0.25) is 0 Å². The Labute approximate surface area is 282 Å². The zero-order valence-electron chi connectivity index (χ0n) is 28.1. The highest BCUT2D eigenvalue weighted by Gasteiger charge is 2.81. The van der Waals surface area contributed by atoms with Crippen molar-refractivity contribution in [3.05, 3.63) is 29.3 Å². The second-order valence-corrected chi connectivity index (χ2v) is 14.8. The highest BCUT2D eigenvalue weighted by molar-refractivity contribution is 5.72. The number of aryl methyl sites for hydroxylation is 1.